The zero-order chi connectivity index (χ0) is 20.4. The van der Waals surface area contributed by atoms with E-state index >= 15 is 0 Å². The third kappa shape index (κ3) is 3.86. The molecule has 1 fully saturated rings. The molecule has 5 nitrogen and oxygen atoms in total. The van der Waals surface area contributed by atoms with Crippen LogP contribution >= 0.6 is 0 Å². The van der Waals surface area contributed by atoms with Gasteiger partial charge in [-0.2, -0.15) is 0 Å². The van der Waals surface area contributed by atoms with Crippen LogP contribution in [0.3, 0.4) is 0 Å². The van der Waals surface area contributed by atoms with E-state index in [1.807, 2.05) is 61.5 Å². The van der Waals surface area contributed by atoms with E-state index in [2.05, 4.69) is 17.4 Å². The first-order valence-electron chi connectivity index (χ1n) is 9.99. The standard InChI is InChI=1S/C24H24N2O3/c1-16(17-11-13-19(14-12-17)18-7-3-2-4-8-18)25-22(27)15-26-23(28)20-9-5-6-10-21(20)24(26)29/h2-8,11-14,16,20-21H,9-10,15H2,1H3,(H,25,27)/t16-,20-,21-/m0/s1. The van der Waals surface area contributed by atoms with Gasteiger partial charge in [-0.1, -0.05) is 66.7 Å². The van der Waals surface area contributed by atoms with Crippen molar-refractivity contribution < 1.29 is 14.4 Å². The number of rotatable bonds is 5. The summed E-state index contributed by atoms with van der Waals surface area (Å²) in [6.45, 7) is 1.68. The van der Waals surface area contributed by atoms with E-state index in [0.29, 0.717) is 12.8 Å². The van der Waals surface area contributed by atoms with Crippen molar-refractivity contribution in [1.82, 2.24) is 10.2 Å². The summed E-state index contributed by atoms with van der Waals surface area (Å²) in [7, 11) is 0. The van der Waals surface area contributed by atoms with Gasteiger partial charge in [-0.05, 0) is 36.5 Å². The molecule has 1 N–H and O–H groups in total. The van der Waals surface area contributed by atoms with Gasteiger partial charge in [0, 0.05) is 0 Å². The van der Waals surface area contributed by atoms with Crippen molar-refractivity contribution in [1.29, 1.82) is 0 Å². The Hall–Kier alpha value is -3.21. The summed E-state index contributed by atoms with van der Waals surface area (Å²) >= 11 is 0. The first kappa shape index (κ1) is 19.1. The van der Waals surface area contributed by atoms with Gasteiger partial charge in [0.05, 0.1) is 17.9 Å². The molecule has 0 radical (unpaired) electrons. The predicted molar refractivity (Wildman–Crippen MR) is 111 cm³/mol. The minimum absolute atomic E-state index is 0.211. The molecule has 1 aliphatic heterocycles. The van der Waals surface area contributed by atoms with Gasteiger partial charge in [-0.15, -0.1) is 0 Å². The van der Waals surface area contributed by atoms with Crippen LogP contribution in [0.1, 0.15) is 31.4 Å². The number of amides is 3. The maximum absolute atomic E-state index is 12.5. The quantitative estimate of drug-likeness (QED) is 0.630. The van der Waals surface area contributed by atoms with Crippen molar-refractivity contribution in [2.24, 2.45) is 11.8 Å². The highest BCUT2D eigenvalue weighted by Crippen LogP contribution is 2.34. The molecule has 1 saturated heterocycles. The Morgan fingerprint density at radius 1 is 0.931 bits per heavy atom. The average molecular weight is 388 g/mol. The van der Waals surface area contributed by atoms with Crippen LogP contribution in [0.2, 0.25) is 0 Å². The van der Waals surface area contributed by atoms with Crippen LogP contribution in [-0.4, -0.2) is 29.2 Å². The monoisotopic (exact) mass is 388 g/mol. The normalized spacial score (nSPS) is 21.8. The fourth-order valence-corrected chi connectivity index (χ4v) is 4.13. The summed E-state index contributed by atoms with van der Waals surface area (Å²) in [6, 6.07) is 17.9. The van der Waals surface area contributed by atoms with E-state index in [9.17, 15) is 14.4 Å². The molecule has 0 saturated carbocycles. The topological polar surface area (TPSA) is 66.5 Å². The number of carbonyl (C=O) groups is 3. The largest absolute Gasteiger partial charge is 0.348 e. The van der Waals surface area contributed by atoms with Gasteiger partial charge in [0.15, 0.2) is 0 Å². The lowest BCUT2D eigenvalue weighted by atomic mass is 9.85. The number of nitrogens with one attached hydrogen (secondary N) is 1. The Labute approximate surface area is 170 Å². The second kappa shape index (κ2) is 8.03. The molecule has 5 heteroatoms. The lowest BCUT2D eigenvalue weighted by Gasteiger charge is -2.18. The van der Waals surface area contributed by atoms with Gasteiger partial charge >= 0.3 is 0 Å². The molecule has 0 spiro atoms. The van der Waals surface area contributed by atoms with Crippen molar-refractivity contribution in [2.45, 2.75) is 25.8 Å². The Balaban J connectivity index is 1.37. The molecular weight excluding hydrogens is 364 g/mol. The number of hydrogen-bond donors (Lipinski definition) is 1. The van der Waals surface area contributed by atoms with Crippen molar-refractivity contribution in [2.75, 3.05) is 6.54 Å². The minimum atomic E-state index is -0.321. The molecule has 1 heterocycles. The molecule has 0 aromatic heterocycles. The highest BCUT2D eigenvalue weighted by molar-refractivity contribution is 6.07. The van der Waals surface area contributed by atoms with Gasteiger partial charge in [0.25, 0.3) is 0 Å². The van der Waals surface area contributed by atoms with E-state index < -0.39 is 0 Å². The second-order valence-corrected chi connectivity index (χ2v) is 7.70. The molecule has 3 amide bonds. The Kier molecular flexibility index (Phi) is 5.30. The summed E-state index contributed by atoms with van der Waals surface area (Å²) in [4.78, 5) is 38.6. The fraction of sp³-hybridized carbons (Fsp3) is 0.292. The van der Waals surface area contributed by atoms with Crippen LogP contribution in [0.5, 0.6) is 0 Å². The fourth-order valence-electron chi connectivity index (χ4n) is 4.13. The van der Waals surface area contributed by atoms with Crippen LogP contribution in [-0.2, 0) is 14.4 Å². The van der Waals surface area contributed by atoms with E-state index in [0.717, 1.165) is 21.6 Å². The molecule has 2 aromatic carbocycles. The third-order valence-electron chi connectivity index (χ3n) is 5.80. The lowest BCUT2D eigenvalue weighted by Crippen LogP contribution is -2.41. The number of benzene rings is 2. The molecule has 148 valence electrons. The van der Waals surface area contributed by atoms with E-state index in [-0.39, 0.29) is 42.1 Å². The summed E-state index contributed by atoms with van der Waals surface area (Å²) < 4.78 is 0. The van der Waals surface area contributed by atoms with Crippen molar-refractivity contribution in [3.05, 3.63) is 72.3 Å². The third-order valence-corrected chi connectivity index (χ3v) is 5.80. The zero-order valence-electron chi connectivity index (χ0n) is 16.4. The first-order valence-corrected chi connectivity index (χ1v) is 9.99. The summed E-state index contributed by atoms with van der Waals surface area (Å²) in [5.74, 6) is -1.37. The molecule has 29 heavy (non-hydrogen) atoms. The van der Waals surface area contributed by atoms with E-state index in [1.54, 1.807) is 0 Å². The minimum Gasteiger partial charge on any atom is -0.348 e. The van der Waals surface area contributed by atoms with Gasteiger partial charge < -0.3 is 5.32 Å². The zero-order valence-corrected chi connectivity index (χ0v) is 16.4. The molecule has 0 unspecified atom stereocenters. The molecule has 4 rings (SSSR count). The summed E-state index contributed by atoms with van der Waals surface area (Å²) in [6.07, 6.45) is 5.04. The summed E-state index contributed by atoms with van der Waals surface area (Å²) in [5.41, 5.74) is 3.21. The molecule has 0 bridgehead atoms. The van der Waals surface area contributed by atoms with Gasteiger partial charge in [-0.3, -0.25) is 19.3 Å². The predicted octanol–water partition coefficient (Wildman–Crippen LogP) is 3.48. The van der Waals surface area contributed by atoms with Crippen molar-refractivity contribution in [3.8, 4) is 11.1 Å². The van der Waals surface area contributed by atoms with Crippen LogP contribution in [0.15, 0.2) is 66.7 Å². The number of fused-ring (bicyclic) bond motifs is 1. The van der Waals surface area contributed by atoms with Crippen LogP contribution < -0.4 is 5.32 Å². The number of allylic oxidation sites excluding steroid dienone is 2. The van der Waals surface area contributed by atoms with Crippen LogP contribution in [0.4, 0.5) is 0 Å². The first-order chi connectivity index (χ1) is 14.0. The highest BCUT2D eigenvalue weighted by Gasteiger charge is 2.47. The SMILES string of the molecule is C[C@H](NC(=O)CN1C(=O)[C@H]2CC=CC[C@@H]2C1=O)c1ccc(-c2ccccc2)cc1. The van der Waals surface area contributed by atoms with Gasteiger partial charge in [0.2, 0.25) is 17.7 Å². The Bertz CT molecular complexity index is 924. The maximum atomic E-state index is 12.5. The molecule has 2 aromatic rings. The molecule has 1 aliphatic carbocycles. The Morgan fingerprint density at radius 2 is 1.48 bits per heavy atom. The number of likely N-dealkylation sites (tertiary alicyclic amines) is 1. The number of hydrogen-bond acceptors (Lipinski definition) is 3. The number of carbonyl (C=O) groups excluding carboxylic acids is 3. The van der Waals surface area contributed by atoms with E-state index in [4.69, 9.17) is 0 Å². The van der Waals surface area contributed by atoms with E-state index in [1.165, 1.54) is 0 Å². The second-order valence-electron chi connectivity index (χ2n) is 7.70. The van der Waals surface area contributed by atoms with Crippen LogP contribution in [0, 0.1) is 11.8 Å². The lowest BCUT2D eigenvalue weighted by molar-refractivity contribution is -0.143. The van der Waals surface area contributed by atoms with Crippen LogP contribution in [0.25, 0.3) is 11.1 Å². The number of nitrogens with zero attached hydrogens (tertiary/aromatic N) is 1. The highest BCUT2D eigenvalue weighted by atomic mass is 16.2. The molecule has 2 aliphatic rings. The molecular formula is C24H24N2O3. The van der Waals surface area contributed by atoms with Crippen molar-refractivity contribution >= 4 is 17.7 Å². The smallest absolute Gasteiger partial charge is 0.240 e. The molecule has 3 atom stereocenters. The van der Waals surface area contributed by atoms with Crippen molar-refractivity contribution in [3.63, 3.8) is 0 Å². The number of imide groups is 1. The van der Waals surface area contributed by atoms with Gasteiger partial charge in [0.1, 0.15) is 6.54 Å². The average Bonchev–Trinajstić information content (AvgIpc) is 2.99. The summed E-state index contributed by atoms with van der Waals surface area (Å²) in [5, 5.41) is 2.90. The maximum Gasteiger partial charge on any atom is 0.240 e. The van der Waals surface area contributed by atoms with Gasteiger partial charge in [-0.25, -0.2) is 0 Å². The Morgan fingerprint density at radius 3 is 2.07 bits per heavy atom.